The van der Waals surface area contributed by atoms with Gasteiger partial charge in [-0.3, -0.25) is 14.2 Å². The number of aromatic nitrogens is 3. The van der Waals surface area contributed by atoms with Crippen molar-refractivity contribution in [3.05, 3.63) is 63.3 Å². The molecule has 11 heteroatoms. The van der Waals surface area contributed by atoms with E-state index in [4.69, 9.17) is 11.6 Å². The van der Waals surface area contributed by atoms with E-state index in [9.17, 15) is 22.8 Å². The highest BCUT2D eigenvalue weighted by atomic mass is 35.5. The van der Waals surface area contributed by atoms with Crippen molar-refractivity contribution >= 4 is 34.2 Å². The Morgan fingerprint density at radius 3 is 2.70 bits per heavy atom. The Hall–Kier alpha value is -3.14. The van der Waals surface area contributed by atoms with Crippen molar-refractivity contribution in [3.8, 4) is 0 Å². The van der Waals surface area contributed by atoms with Gasteiger partial charge in [-0.05, 0) is 24.6 Å². The second-order valence-electron chi connectivity index (χ2n) is 6.48. The molecule has 0 radical (unpaired) electrons. The summed E-state index contributed by atoms with van der Waals surface area (Å²) in [6.45, 7) is 1.95. The summed E-state index contributed by atoms with van der Waals surface area (Å²) in [6.07, 6.45) is -2.54. The molecule has 0 bridgehead atoms. The Morgan fingerprint density at radius 1 is 1.23 bits per heavy atom. The van der Waals surface area contributed by atoms with Gasteiger partial charge in [0, 0.05) is 19.3 Å². The third kappa shape index (κ3) is 4.88. The van der Waals surface area contributed by atoms with Gasteiger partial charge in [0.05, 0.1) is 27.8 Å². The molecule has 0 unspecified atom stereocenters. The van der Waals surface area contributed by atoms with Gasteiger partial charge in [-0.25, -0.2) is 9.97 Å². The number of para-hydroxylation sites is 1. The van der Waals surface area contributed by atoms with Crippen LogP contribution in [0.25, 0.3) is 10.9 Å². The number of amides is 1. The van der Waals surface area contributed by atoms with E-state index in [-0.39, 0.29) is 36.0 Å². The van der Waals surface area contributed by atoms with Crippen LogP contribution in [0.4, 0.5) is 19.0 Å². The van der Waals surface area contributed by atoms with Crippen molar-refractivity contribution < 1.29 is 18.0 Å². The predicted molar refractivity (Wildman–Crippen MR) is 106 cm³/mol. The minimum absolute atomic E-state index is 0.0734. The first kappa shape index (κ1) is 21.6. The summed E-state index contributed by atoms with van der Waals surface area (Å²) in [4.78, 5) is 32.5. The molecule has 1 amide bonds. The Morgan fingerprint density at radius 2 is 2.00 bits per heavy atom. The van der Waals surface area contributed by atoms with E-state index < -0.39 is 17.6 Å². The van der Waals surface area contributed by atoms with Gasteiger partial charge in [0.1, 0.15) is 12.4 Å². The fraction of sp³-hybridized carbons (Fsp3) is 0.263. The van der Waals surface area contributed by atoms with Crippen molar-refractivity contribution in [2.24, 2.45) is 0 Å². The molecule has 2 aromatic heterocycles. The largest absolute Gasteiger partial charge is 0.417 e. The van der Waals surface area contributed by atoms with Crippen LogP contribution in [-0.4, -0.2) is 33.5 Å². The highest BCUT2D eigenvalue weighted by Crippen LogP contribution is 2.32. The minimum Gasteiger partial charge on any atom is -0.367 e. The molecule has 158 valence electrons. The van der Waals surface area contributed by atoms with Gasteiger partial charge in [-0.15, -0.1) is 0 Å². The van der Waals surface area contributed by atoms with Crippen LogP contribution in [0, 0.1) is 6.92 Å². The number of halogens is 4. The molecule has 1 aromatic carbocycles. The SMILES string of the molecule is Cc1cccc2c(=O)n(CC(=O)NCCNc3ncc(C(F)(F)F)cc3Cl)cnc12. The molecule has 0 fully saturated rings. The zero-order valence-electron chi connectivity index (χ0n) is 15.8. The van der Waals surface area contributed by atoms with Gasteiger partial charge in [-0.2, -0.15) is 13.2 Å². The zero-order chi connectivity index (χ0) is 21.9. The number of hydrogen-bond donors (Lipinski definition) is 2. The molecule has 0 aliphatic rings. The van der Waals surface area contributed by atoms with Gasteiger partial charge < -0.3 is 10.6 Å². The lowest BCUT2D eigenvalue weighted by Gasteiger charge is -2.12. The quantitative estimate of drug-likeness (QED) is 0.576. The van der Waals surface area contributed by atoms with Gasteiger partial charge in [0.2, 0.25) is 5.91 Å². The summed E-state index contributed by atoms with van der Waals surface area (Å²) in [6, 6.07) is 6.01. The number of aryl methyl sites for hydroxylation is 1. The normalized spacial score (nSPS) is 11.5. The molecule has 2 heterocycles. The van der Waals surface area contributed by atoms with E-state index in [1.54, 1.807) is 12.1 Å². The summed E-state index contributed by atoms with van der Waals surface area (Å²) in [5, 5.41) is 5.60. The molecule has 0 atom stereocenters. The summed E-state index contributed by atoms with van der Waals surface area (Å²) in [7, 11) is 0. The fourth-order valence-corrected chi connectivity index (χ4v) is 3.00. The first-order valence-electron chi connectivity index (χ1n) is 8.85. The average Bonchev–Trinajstić information content (AvgIpc) is 2.68. The number of carbonyl (C=O) groups excluding carboxylic acids is 1. The first-order chi connectivity index (χ1) is 14.2. The molecule has 2 N–H and O–H groups in total. The van der Waals surface area contributed by atoms with E-state index in [0.29, 0.717) is 17.1 Å². The van der Waals surface area contributed by atoms with Crippen LogP contribution >= 0.6 is 11.6 Å². The van der Waals surface area contributed by atoms with Crippen molar-refractivity contribution in [1.82, 2.24) is 19.9 Å². The van der Waals surface area contributed by atoms with E-state index in [0.717, 1.165) is 11.6 Å². The molecule has 0 saturated carbocycles. The van der Waals surface area contributed by atoms with Crippen molar-refractivity contribution in [3.63, 3.8) is 0 Å². The molecule has 7 nitrogen and oxygen atoms in total. The van der Waals surface area contributed by atoms with Crippen molar-refractivity contribution in [1.29, 1.82) is 0 Å². The standard InChI is InChI=1S/C19H17ClF3N5O2/c1-11-3-2-4-13-16(11)27-10-28(18(13)30)9-15(29)24-5-6-25-17-14(20)7-12(8-26-17)19(21,22)23/h2-4,7-8,10H,5-6,9H2,1H3,(H,24,29)(H,25,26). The monoisotopic (exact) mass is 439 g/mol. The number of fused-ring (bicyclic) bond motifs is 1. The van der Waals surface area contributed by atoms with E-state index in [2.05, 4.69) is 20.6 Å². The van der Waals surface area contributed by atoms with Crippen molar-refractivity contribution in [2.75, 3.05) is 18.4 Å². The zero-order valence-corrected chi connectivity index (χ0v) is 16.5. The molecule has 0 spiro atoms. The molecular formula is C19H17ClF3N5O2. The summed E-state index contributed by atoms with van der Waals surface area (Å²) < 4.78 is 39.0. The third-order valence-corrected chi connectivity index (χ3v) is 4.57. The molecular weight excluding hydrogens is 423 g/mol. The van der Waals surface area contributed by atoms with Crippen LogP contribution in [0.1, 0.15) is 11.1 Å². The van der Waals surface area contributed by atoms with Crippen molar-refractivity contribution in [2.45, 2.75) is 19.6 Å². The average molecular weight is 440 g/mol. The van der Waals surface area contributed by atoms with Gasteiger partial charge in [0.15, 0.2) is 0 Å². The van der Waals surface area contributed by atoms with Gasteiger partial charge in [0.25, 0.3) is 5.56 Å². The number of rotatable bonds is 6. The van der Waals surface area contributed by atoms with E-state index in [1.165, 1.54) is 10.9 Å². The molecule has 3 aromatic rings. The predicted octanol–water partition coefficient (Wildman–Crippen LogP) is 3.00. The third-order valence-electron chi connectivity index (χ3n) is 4.28. The van der Waals surface area contributed by atoms with E-state index in [1.807, 2.05) is 13.0 Å². The molecule has 30 heavy (non-hydrogen) atoms. The number of alkyl halides is 3. The summed E-state index contributed by atoms with van der Waals surface area (Å²) >= 11 is 5.80. The minimum atomic E-state index is -4.53. The van der Waals surface area contributed by atoms with E-state index >= 15 is 0 Å². The van der Waals surface area contributed by atoms with Crippen LogP contribution in [0.15, 0.2) is 41.6 Å². The Labute approximate surface area is 173 Å². The number of anilines is 1. The molecule has 3 rings (SSSR count). The number of hydrogen-bond acceptors (Lipinski definition) is 5. The van der Waals surface area contributed by atoms with Crippen LogP contribution in [-0.2, 0) is 17.5 Å². The smallest absolute Gasteiger partial charge is 0.367 e. The second kappa shape index (κ2) is 8.70. The molecule has 0 aliphatic heterocycles. The number of nitrogens with zero attached hydrogens (tertiary/aromatic N) is 3. The van der Waals surface area contributed by atoms with Gasteiger partial charge in [-0.1, -0.05) is 23.7 Å². The lowest BCUT2D eigenvalue weighted by molar-refractivity contribution is -0.137. The Kier molecular flexibility index (Phi) is 6.25. The topological polar surface area (TPSA) is 88.9 Å². The van der Waals surface area contributed by atoms with Crippen LogP contribution < -0.4 is 16.2 Å². The van der Waals surface area contributed by atoms with Crippen LogP contribution in [0.2, 0.25) is 5.02 Å². The highest BCUT2D eigenvalue weighted by Gasteiger charge is 2.31. The number of benzene rings is 1. The second-order valence-corrected chi connectivity index (χ2v) is 6.88. The fourth-order valence-electron chi connectivity index (χ4n) is 2.77. The Bertz CT molecular complexity index is 1150. The first-order valence-corrected chi connectivity index (χ1v) is 9.22. The lowest BCUT2D eigenvalue weighted by Crippen LogP contribution is -2.35. The highest BCUT2D eigenvalue weighted by molar-refractivity contribution is 6.32. The number of pyridine rings is 1. The summed E-state index contributed by atoms with van der Waals surface area (Å²) in [5.41, 5.74) is 0.181. The number of nitrogens with one attached hydrogen (secondary N) is 2. The molecule has 0 saturated heterocycles. The number of carbonyl (C=O) groups is 1. The maximum Gasteiger partial charge on any atom is 0.417 e. The maximum absolute atomic E-state index is 12.6. The van der Waals surface area contributed by atoms with Gasteiger partial charge >= 0.3 is 6.18 Å². The molecule has 0 aliphatic carbocycles. The lowest BCUT2D eigenvalue weighted by atomic mass is 10.1. The van der Waals surface area contributed by atoms with Crippen LogP contribution in [0.5, 0.6) is 0 Å². The van der Waals surface area contributed by atoms with Crippen LogP contribution in [0.3, 0.4) is 0 Å². The maximum atomic E-state index is 12.6. The Balaban J connectivity index is 1.54. The summed E-state index contributed by atoms with van der Waals surface area (Å²) in [5.74, 6) is -0.344.